The van der Waals surface area contributed by atoms with Crippen LogP contribution in [0.1, 0.15) is 11.1 Å². The molecule has 5 rings (SSSR count). The molecular formula is C28H26N4O2. The first kappa shape index (κ1) is 21.5. The Kier molecular flexibility index (Phi) is 5.64. The zero-order valence-corrected chi connectivity index (χ0v) is 19.6. The van der Waals surface area contributed by atoms with Gasteiger partial charge in [0.05, 0.1) is 37.0 Å². The molecule has 2 aromatic heterocycles. The molecule has 6 nitrogen and oxygen atoms in total. The summed E-state index contributed by atoms with van der Waals surface area (Å²) in [7, 11) is 3.37. The van der Waals surface area contributed by atoms with E-state index in [0.717, 1.165) is 67.7 Å². The summed E-state index contributed by atoms with van der Waals surface area (Å²) >= 11 is 0. The summed E-state index contributed by atoms with van der Waals surface area (Å²) in [4.78, 5) is 0. The van der Waals surface area contributed by atoms with Crippen LogP contribution in [0.25, 0.3) is 45.0 Å². The number of aromatic amines is 2. The van der Waals surface area contributed by atoms with Crippen LogP contribution in [0.3, 0.4) is 0 Å². The van der Waals surface area contributed by atoms with Gasteiger partial charge in [-0.3, -0.25) is 10.2 Å². The van der Waals surface area contributed by atoms with E-state index in [1.165, 1.54) is 0 Å². The zero-order chi connectivity index (χ0) is 23.7. The Labute approximate surface area is 198 Å². The summed E-state index contributed by atoms with van der Waals surface area (Å²) in [5.41, 5.74) is 9.97. The predicted octanol–water partition coefficient (Wildman–Crippen LogP) is 6.43. The van der Waals surface area contributed by atoms with E-state index in [2.05, 4.69) is 76.7 Å². The molecule has 0 aliphatic rings. The van der Waals surface area contributed by atoms with Crippen LogP contribution >= 0.6 is 0 Å². The lowest BCUT2D eigenvalue weighted by Crippen LogP contribution is -1.90. The fourth-order valence-electron chi connectivity index (χ4n) is 4.31. The molecule has 5 aromatic rings. The van der Waals surface area contributed by atoms with Gasteiger partial charge in [-0.05, 0) is 44.2 Å². The second kappa shape index (κ2) is 8.90. The van der Waals surface area contributed by atoms with E-state index in [1.807, 2.05) is 30.3 Å². The van der Waals surface area contributed by atoms with E-state index in [-0.39, 0.29) is 0 Å². The molecule has 6 heteroatoms. The van der Waals surface area contributed by atoms with Gasteiger partial charge >= 0.3 is 0 Å². The summed E-state index contributed by atoms with van der Waals surface area (Å²) in [5.74, 6) is 1.72. The van der Waals surface area contributed by atoms with Gasteiger partial charge in [0.25, 0.3) is 0 Å². The van der Waals surface area contributed by atoms with Crippen molar-refractivity contribution in [1.29, 1.82) is 0 Å². The molecule has 0 aliphatic heterocycles. The average Bonchev–Trinajstić information content (AvgIpc) is 3.55. The molecule has 2 heterocycles. The van der Waals surface area contributed by atoms with Crippen molar-refractivity contribution < 1.29 is 9.47 Å². The molecule has 0 bridgehead atoms. The van der Waals surface area contributed by atoms with Crippen LogP contribution < -0.4 is 9.47 Å². The summed E-state index contributed by atoms with van der Waals surface area (Å²) in [5, 5.41) is 15.5. The Bertz CT molecular complexity index is 1360. The molecule has 34 heavy (non-hydrogen) atoms. The highest BCUT2D eigenvalue weighted by Crippen LogP contribution is 2.33. The first-order valence-corrected chi connectivity index (χ1v) is 11.1. The number of rotatable bonds is 6. The summed E-state index contributed by atoms with van der Waals surface area (Å²) < 4.78 is 10.9. The van der Waals surface area contributed by atoms with Gasteiger partial charge in [-0.25, -0.2) is 0 Å². The fraction of sp³-hybridized carbons (Fsp3) is 0.143. The molecule has 0 unspecified atom stereocenters. The molecule has 0 atom stereocenters. The van der Waals surface area contributed by atoms with Crippen LogP contribution in [0.2, 0.25) is 0 Å². The third kappa shape index (κ3) is 3.83. The highest BCUT2D eigenvalue weighted by molar-refractivity contribution is 5.76. The normalized spacial score (nSPS) is 10.9. The van der Waals surface area contributed by atoms with E-state index >= 15 is 0 Å². The van der Waals surface area contributed by atoms with Crippen LogP contribution in [-0.4, -0.2) is 34.6 Å². The second-order valence-corrected chi connectivity index (χ2v) is 8.18. The summed E-state index contributed by atoms with van der Waals surface area (Å²) in [6, 6.07) is 24.4. The van der Waals surface area contributed by atoms with E-state index in [1.54, 1.807) is 14.2 Å². The second-order valence-electron chi connectivity index (χ2n) is 8.18. The first-order valence-electron chi connectivity index (χ1n) is 11.1. The maximum Gasteiger partial charge on any atom is 0.122 e. The van der Waals surface area contributed by atoms with Crippen molar-refractivity contribution in [3.63, 3.8) is 0 Å². The Morgan fingerprint density at radius 1 is 0.588 bits per heavy atom. The molecule has 3 aromatic carbocycles. The van der Waals surface area contributed by atoms with Crippen molar-refractivity contribution >= 4 is 0 Å². The number of nitrogens with zero attached hydrogens (tertiary/aromatic N) is 2. The van der Waals surface area contributed by atoms with Gasteiger partial charge < -0.3 is 9.47 Å². The van der Waals surface area contributed by atoms with Crippen molar-refractivity contribution in [2.45, 2.75) is 13.8 Å². The zero-order valence-electron chi connectivity index (χ0n) is 19.6. The Morgan fingerprint density at radius 2 is 1.03 bits per heavy atom. The first-order chi connectivity index (χ1) is 16.6. The number of ether oxygens (including phenoxy) is 2. The molecule has 0 fully saturated rings. The molecule has 0 amide bonds. The monoisotopic (exact) mass is 450 g/mol. The average molecular weight is 451 g/mol. The lowest BCUT2D eigenvalue weighted by molar-refractivity contribution is 0.412. The highest BCUT2D eigenvalue weighted by Gasteiger charge is 2.13. The minimum Gasteiger partial charge on any atom is -0.496 e. The Balaban J connectivity index is 1.46. The van der Waals surface area contributed by atoms with Gasteiger partial charge in [0.2, 0.25) is 0 Å². The fourth-order valence-corrected chi connectivity index (χ4v) is 4.31. The largest absolute Gasteiger partial charge is 0.496 e. The van der Waals surface area contributed by atoms with Gasteiger partial charge in [0.15, 0.2) is 0 Å². The summed E-state index contributed by atoms with van der Waals surface area (Å²) in [6.07, 6.45) is 0. The van der Waals surface area contributed by atoms with E-state index in [9.17, 15) is 0 Å². The van der Waals surface area contributed by atoms with Crippen LogP contribution in [0.15, 0.2) is 72.8 Å². The van der Waals surface area contributed by atoms with Gasteiger partial charge in [-0.1, -0.05) is 42.5 Å². The van der Waals surface area contributed by atoms with Crippen molar-refractivity contribution in [3.05, 3.63) is 83.9 Å². The number of benzene rings is 3. The predicted molar refractivity (Wildman–Crippen MR) is 135 cm³/mol. The minimum absolute atomic E-state index is 0.858. The summed E-state index contributed by atoms with van der Waals surface area (Å²) in [6.45, 7) is 4.10. The van der Waals surface area contributed by atoms with Crippen LogP contribution in [0.5, 0.6) is 11.5 Å². The molecule has 170 valence electrons. The number of hydrogen-bond donors (Lipinski definition) is 2. The van der Waals surface area contributed by atoms with E-state index in [0.29, 0.717) is 0 Å². The van der Waals surface area contributed by atoms with Crippen molar-refractivity contribution in [2.75, 3.05) is 14.2 Å². The third-order valence-corrected chi connectivity index (χ3v) is 6.20. The SMILES string of the molecule is COc1cccc(-c2cc(-c3cccc(-c4cc(-c5cccc(OC)c5C)[nH]n4)c3)n[nH]2)c1C. The van der Waals surface area contributed by atoms with Gasteiger partial charge in [0.1, 0.15) is 11.5 Å². The van der Waals surface area contributed by atoms with Crippen molar-refractivity contribution in [2.24, 2.45) is 0 Å². The quantitative estimate of drug-likeness (QED) is 0.312. The number of hydrogen-bond acceptors (Lipinski definition) is 4. The van der Waals surface area contributed by atoms with Crippen LogP contribution in [-0.2, 0) is 0 Å². The Morgan fingerprint density at radius 3 is 1.47 bits per heavy atom. The van der Waals surface area contributed by atoms with Crippen molar-refractivity contribution in [1.82, 2.24) is 20.4 Å². The number of nitrogens with one attached hydrogen (secondary N) is 2. The van der Waals surface area contributed by atoms with E-state index in [4.69, 9.17) is 9.47 Å². The van der Waals surface area contributed by atoms with Gasteiger partial charge in [0, 0.05) is 33.4 Å². The lowest BCUT2D eigenvalue weighted by atomic mass is 10.0. The maximum absolute atomic E-state index is 5.47. The third-order valence-electron chi connectivity index (χ3n) is 6.20. The topological polar surface area (TPSA) is 75.8 Å². The Hall–Kier alpha value is -4.32. The van der Waals surface area contributed by atoms with Crippen LogP contribution in [0, 0.1) is 13.8 Å². The number of H-pyrrole nitrogens is 2. The standard InChI is InChI=1S/C28H26N4O2/c1-17-21(10-6-12-27(17)33-3)25-15-23(29-31-25)19-8-5-9-20(14-19)24-16-26(32-30-24)22-11-7-13-28(34-4)18(22)2/h5-16H,1-4H3,(H,29,31)(H,30,32). The van der Waals surface area contributed by atoms with Crippen LogP contribution in [0.4, 0.5) is 0 Å². The lowest BCUT2D eigenvalue weighted by Gasteiger charge is -2.08. The molecule has 0 saturated heterocycles. The molecule has 0 radical (unpaired) electrons. The molecule has 0 saturated carbocycles. The number of methoxy groups -OCH3 is 2. The van der Waals surface area contributed by atoms with Crippen molar-refractivity contribution in [3.8, 4) is 56.5 Å². The van der Waals surface area contributed by atoms with E-state index < -0.39 is 0 Å². The number of aromatic nitrogens is 4. The van der Waals surface area contributed by atoms with Gasteiger partial charge in [-0.15, -0.1) is 0 Å². The highest BCUT2D eigenvalue weighted by atomic mass is 16.5. The molecule has 0 aliphatic carbocycles. The van der Waals surface area contributed by atoms with Gasteiger partial charge in [-0.2, -0.15) is 10.2 Å². The smallest absolute Gasteiger partial charge is 0.122 e. The molecule has 2 N–H and O–H groups in total. The maximum atomic E-state index is 5.47. The molecule has 0 spiro atoms. The molecular weight excluding hydrogens is 424 g/mol. The minimum atomic E-state index is 0.858.